The average Bonchev–Trinajstić information content (AvgIpc) is 2.50. The third kappa shape index (κ3) is 3.09. The molecule has 0 saturated heterocycles. The van der Waals surface area contributed by atoms with Crippen molar-refractivity contribution in [3.63, 3.8) is 0 Å². The van der Waals surface area contributed by atoms with Crippen LogP contribution in [0.4, 0.5) is 5.69 Å². The van der Waals surface area contributed by atoms with Crippen molar-refractivity contribution in [1.29, 1.82) is 0 Å². The van der Waals surface area contributed by atoms with E-state index in [0.29, 0.717) is 5.69 Å². The Balaban J connectivity index is 1.75. The molecule has 0 bridgehead atoms. The first-order chi connectivity index (χ1) is 10.6. The molecule has 3 aromatic rings. The van der Waals surface area contributed by atoms with Crippen LogP contribution in [0.15, 0.2) is 60.7 Å². The monoisotopic (exact) mass is 291 g/mol. The number of carbonyl (C=O) groups excluding carboxylic acids is 1. The summed E-state index contributed by atoms with van der Waals surface area (Å²) < 4.78 is 0. The second-order valence-electron chi connectivity index (χ2n) is 5.43. The lowest BCUT2D eigenvalue weighted by molar-refractivity contribution is -0.115. The van der Waals surface area contributed by atoms with Crippen molar-refractivity contribution in [3.8, 4) is 5.75 Å². The van der Waals surface area contributed by atoms with Gasteiger partial charge in [-0.2, -0.15) is 0 Å². The van der Waals surface area contributed by atoms with E-state index in [-0.39, 0.29) is 18.1 Å². The smallest absolute Gasteiger partial charge is 0.228 e. The zero-order chi connectivity index (χ0) is 15.5. The van der Waals surface area contributed by atoms with E-state index in [4.69, 9.17) is 0 Å². The number of carbonyl (C=O) groups is 1. The van der Waals surface area contributed by atoms with Gasteiger partial charge in [-0.15, -0.1) is 0 Å². The zero-order valence-corrected chi connectivity index (χ0v) is 12.3. The molecule has 2 N–H and O–H groups in total. The fraction of sp³-hybridized carbons (Fsp3) is 0.105. The second-order valence-corrected chi connectivity index (χ2v) is 5.43. The number of aryl methyl sites for hydroxylation is 1. The summed E-state index contributed by atoms with van der Waals surface area (Å²) in [6, 6.07) is 19.2. The molecule has 0 aliphatic heterocycles. The number of phenols is 1. The third-order valence-corrected chi connectivity index (χ3v) is 3.61. The molecule has 0 heterocycles. The first-order valence-corrected chi connectivity index (χ1v) is 7.19. The zero-order valence-electron chi connectivity index (χ0n) is 12.3. The van der Waals surface area contributed by atoms with Crippen LogP contribution in [0, 0.1) is 6.92 Å². The Hall–Kier alpha value is -2.81. The van der Waals surface area contributed by atoms with Crippen molar-refractivity contribution in [3.05, 3.63) is 71.8 Å². The highest BCUT2D eigenvalue weighted by molar-refractivity contribution is 5.94. The minimum absolute atomic E-state index is 0.0897. The predicted molar refractivity (Wildman–Crippen MR) is 89.1 cm³/mol. The topological polar surface area (TPSA) is 49.3 Å². The molecular weight excluding hydrogens is 274 g/mol. The predicted octanol–water partition coefficient (Wildman–Crippen LogP) is 4.04. The van der Waals surface area contributed by atoms with Crippen LogP contribution in [0.1, 0.15) is 11.1 Å². The van der Waals surface area contributed by atoms with Gasteiger partial charge in [-0.3, -0.25) is 4.79 Å². The maximum atomic E-state index is 12.1. The first-order valence-electron chi connectivity index (χ1n) is 7.19. The highest BCUT2D eigenvalue weighted by Gasteiger charge is 2.08. The summed E-state index contributed by atoms with van der Waals surface area (Å²) in [5.41, 5.74) is 2.34. The maximum Gasteiger partial charge on any atom is 0.228 e. The fourth-order valence-corrected chi connectivity index (χ4v) is 2.48. The highest BCUT2D eigenvalue weighted by atomic mass is 16.3. The first kappa shape index (κ1) is 14.1. The minimum atomic E-state index is -0.144. The average molecular weight is 291 g/mol. The summed E-state index contributed by atoms with van der Waals surface area (Å²) in [7, 11) is 0. The van der Waals surface area contributed by atoms with Crippen LogP contribution >= 0.6 is 0 Å². The molecule has 0 fully saturated rings. The van der Waals surface area contributed by atoms with E-state index < -0.39 is 0 Å². The van der Waals surface area contributed by atoms with E-state index in [1.807, 2.05) is 55.5 Å². The van der Waals surface area contributed by atoms with Gasteiger partial charge in [-0.25, -0.2) is 0 Å². The summed E-state index contributed by atoms with van der Waals surface area (Å²) in [6.07, 6.45) is 0.276. The van der Waals surface area contributed by atoms with Gasteiger partial charge in [0.25, 0.3) is 0 Å². The van der Waals surface area contributed by atoms with Gasteiger partial charge in [-0.05, 0) is 41.0 Å². The maximum absolute atomic E-state index is 12.1. The number of anilines is 1. The standard InChI is InChI=1S/C19H17NO2/c1-13-6-9-17(18(21)10-13)20-19(22)12-14-7-8-15-4-2-3-5-16(15)11-14/h2-11,21H,12H2,1H3,(H,20,22). The Morgan fingerprint density at radius 2 is 1.77 bits per heavy atom. The number of aromatic hydroxyl groups is 1. The van der Waals surface area contributed by atoms with Crippen molar-refractivity contribution in [2.45, 2.75) is 13.3 Å². The van der Waals surface area contributed by atoms with E-state index in [0.717, 1.165) is 21.9 Å². The van der Waals surface area contributed by atoms with Crippen molar-refractivity contribution in [2.75, 3.05) is 5.32 Å². The molecule has 0 aliphatic rings. The number of phenolic OH excluding ortho intramolecular Hbond substituents is 1. The number of hydrogen-bond donors (Lipinski definition) is 2. The number of benzene rings is 3. The van der Waals surface area contributed by atoms with Crippen LogP contribution in [-0.2, 0) is 11.2 Å². The van der Waals surface area contributed by atoms with Gasteiger partial charge < -0.3 is 10.4 Å². The Bertz CT molecular complexity index is 840. The largest absolute Gasteiger partial charge is 0.506 e. The molecule has 110 valence electrons. The quantitative estimate of drug-likeness (QED) is 0.716. The number of nitrogens with one attached hydrogen (secondary N) is 1. The lowest BCUT2D eigenvalue weighted by Gasteiger charge is -2.08. The summed E-state index contributed by atoms with van der Waals surface area (Å²) in [5.74, 6) is -0.0544. The summed E-state index contributed by atoms with van der Waals surface area (Å²) in [6.45, 7) is 1.89. The van der Waals surface area contributed by atoms with Gasteiger partial charge in [0, 0.05) is 0 Å². The van der Waals surface area contributed by atoms with E-state index in [9.17, 15) is 9.90 Å². The van der Waals surface area contributed by atoms with Crippen LogP contribution in [-0.4, -0.2) is 11.0 Å². The summed E-state index contributed by atoms with van der Waals surface area (Å²) >= 11 is 0. The molecule has 0 unspecified atom stereocenters. The molecule has 3 rings (SSSR count). The molecule has 0 saturated carbocycles. The van der Waals surface area contributed by atoms with Crippen LogP contribution in [0.5, 0.6) is 5.75 Å². The van der Waals surface area contributed by atoms with Crippen molar-refractivity contribution < 1.29 is 9.90 Å². The van der Waals surface area contributed by atoms with Gasteiger partial charge in [0.1, 0.15) is 5.75 Å². The molecule has 1 amide bonds. The molecule has 0 spiro atoms. The molecule has 0 radical (unpaired) electrons. The summed E-state index contributed by atoms with van der Waals surface area (Å²) in [4.78, 5) is 12.1. The van der Waals surface area contributed by atoms with E-state index in [1.54, 1.807) is 12.1 Å². The number of fused-ring (bicyclic) bond motifs is 1. The Morgan fingerprint density at radius 1 is 1.00 bits per heavy atom. The molecule has 0 aliphatic carbocycles. The number of hydrogen-bond acceptors (Lipinski definition) is 2. The van der Waals surface area contributed by atoms with Crippen molar-refractivity contribution in [2.24, 2.45) is 0 Å². The van der Waals surface area contributed by atoms with E-state index in [1.165, 1.54) is 0 Å². The van der Waals surface area contributed by atoms with Crippen LogP contribution in [0.3, 0.4) is 0 Å². The van der Waals surface area contributed by atoms with Crippen LogP contribution in [0.2, 0.25) is 0 Å². The Labute approximate surface area is 129 Å². The van der Waals surface area contributed by atoms with E-state index in [2.05, 4.69) is 5.32 Å². The molecule has 22 heavy (non-hydrogen) atoms. The minimum Gasteiger partial charge on any atom is -0.506 e. The fourth-order valence-electron chi connectivity index (χ4n) is 2.48. The molecule has 3 heteroatoms. The highest BCUT2D eigenvalue weighted by Crippen LogP contribution is 2.24. The van der Waals surface area contributed by atoms with Crippen LogP contribution < -0.4 is 5.32 Å². The van der Waals surface area contributed by atoms with Gasteiger partial charge in [0.05, 0.1) is 12.1 Å². The number of rotatable bonds is 3. The Kier molecular flexibility index (Phi) is 3.79. The molecule has 0 aromatic heterocycles. The second kappa shape index (κ2) is 5.90. The lowest BCUT2D eigenvalue weighted by Crippen LogP contribution is -2.14. The molecule has 3 aromatic carbocycles. The normalized spacial score (nSPS) is 10.6. The molecule has 3 nitrogen and oxygen atoms in total. The van der Waals surface area contributed by atoms with Gasteiger partial charge in [-0.1, -0.05) is 48.5 Å². The van der Waals surface area contributed by atoms with Gasteiger partial charge in [0.15, 0.2) is 0 Å². The van der Waals surface area contributed by atoms with Crippen LogP contribution in [0.25, 0.3) is 10.8 Å². The van der Waals surface area contributed by atoms with Gasteiger partial charge in [0.2, 0.25) is 5.91 Å². The number of amides is 1. The third-order valence-electron chi connectivity index (χ3n) is 3.61. The molecule has 0 atom stereocenters. The van der Waals surface area contributed by atoms with E-state index >= 15 is 0 Å². The van der Waals surface area contributed by atoms with Crippen molar-refractivity contribution in [1.82, 2.24) is 0 Å². The molecular formula is C19H17NO2. The Morgan fingerprint density at radius 3 is 2.55 bits per heavy atom. The lowest BCUT2D eigenvalue weighted by atomic mass is 10.0. The van der Waals surface area contributed by atoms with Gasteiger partial charge >= 0.3 is 0 Å². The summed E-state index contributed by atoms with van der Waals surface area (Å²) in [5, 5.41) is 14.9. The SMILES string of the molecule is Cc1ccc(NC(=O)Cc2ccc3ccccc3c2)c(O)c1. The van der Waals surface area contributed by atoms with Crippen molar-refractivity contribution >= 4 is 22.4 Å².